The molecule has 0 bridgehead atoms. The molecule has 0 saturated carbocycles. The van der Waals surface area contributed by atoms with Crippen LogP contribution in [0.15, 0.2) is 36.7 Å². The Hall–Kier alpha value is -0.950. The van der Waals surface area contributed by atoms with Crippen LogP contribution in [0.3, 0.4) is 0 Å². The first-order valence-electron chi connectivity index (χ1n) is 5.83. The quantitative estimate of drug-likeness (QED) is 0.854. The van der Waals surface area contributed by atoms with E-state index in [0.717, 1.165) is 9.99 Å². The van der Waals surface area contributed by atoms with Crippen molar-refractivity contribution in [2.45, 2.75) is 25.4 Å². The molecule has 0 radical (unpaired) electrons. The minimum absolute atomic E-state index is 0.169. The second-order valence-corrected chi connectivity index (χ2v) is 5.42. The lowest BCUT2D eigenvalue weighted by molar-refractivity contribution is 0.408. The van der Waals surface area contributed by atoms with Crippen molar-refractivity contribution in [1.82, 2.24) is 9.78 Å². The molecule has 2 unspecified atom stereocenters. The van der Waals surface area contributed by atoms with E-state index < -0.39 is 0 Å². The zero-order valence-electron chi connectivity index (χ0n) is 10.1. The zero-order chi connectivity index (χ0) is 13.1. The van der Waals surface area contributed by atoms with Crippen LogP contribution in [0.4, 0.5) is 4.39 Å². The lowest BCUT2D eigenvalue weighted by Gasteiger charge is -2.24. The summed E-state index contributed by atoms with van der Waals surface area (Å²) in [5, 5.41) is 4.27. The summed E-state index contributed by atoms with van der Waals surface area (Å²) >= 11 is 2.18. The van der Waals surface area contributed by atoms with E-state index in [-0.39, 0.29) is 17.9 Å². The van der Waals surface area contributed by atoms with Gasteiger partial charge in [-0.2, -0.15) is 5.10 Å². The molecule has 0 aliphatic carbocycles. The molecule has 0 saturated heterocycles. The Morgan fingerprint density at radius 2 is 2.17 bits per heavy atom. The Kier molecular flexibility index (Phi) is 4.34. The minimum Gasteiger partial charge on any atom is -0.326 e. The van der Waals surface area contributed by atoms with Crippen LogP contribution in [-0.4, -0.2) is 15.8 Å². The maximum absolute atomic E-state index is 13.9. The molecule has 0 aliphatic heterocycles. The van der Waals surface area contributed by atoms with Gasteiger partial charge in [-0.3, -0.25) is 4.68 Å². The summed E-state index contributed by atoms with van der Waals surface area (Å²) in [5.74, 6) is -0.239. The van der Waals surface area contributed by atoms with Gasteiger partial charge in [0.1, 0.15) is 5.82 Å². The van der Waals surface area contributed by atoms with Crippen molar-refractivity contribution in [2.75, 3.05) is 0 Å². The fraction of sp³-hybridized carbons (Fsp3) is 0.308. The number of nitrogens with zero attached hydrogens (tertiary/aromatic N) is 2. The van der Waals surface area contributed by atoms with E-state index >= 15 is 0 Å². The maximum atomic E-state index is 13.9. The van der Waals surface area contributed by atoms with Gasteiger partial charge in [-0.25, -0.2) is 4.39 Å². The minimum atomic E-state index is -0.264. The van der Waals surface area contributed by atoms with Crippen LogP contribution in [0.1, 0.15) is 24.9 Å². The highest BCUT2D eigenvalue weighted by Gasteiger charge is 2.23. The number of aromatic nitrogens is 2. The number of nitrogens with two attached hydrogens (primary N) is 1. The molecule has 1 heterocycles. The van der Waals surface area contributed by atoms with Crippen LogP contribution in [0.2, 0.25) is 0 Å². The lowest BCUT2D eigenvalue weighted by atomic mass is 9.98. The smallest absolute Gasteiger partial charge is 0.128 e. The first kappa shape index (κ1) is 13.5. The summed E-state index contributed by atoms with van der Waals surface area (Å²) in [6.07, 6.45) is 4.39. The average molecular weight is 359 g/mol. The Balaban J connectivity index is 2.47. The molecule has 0 amide bonds. The van der Waals surface area contributed by atoms with Gasteiger partial charge in [0.2, 0.25) is 0 Å². The third-order valence-corrected chi connectivity index (χ3v) is 3.51. The lowest BCUT2D eigenvalue weighted by Crippen LogP contribution is -2.33. The van der Waals surface area contributed by atoms with Crippen LogP contribution >= 0.6 is 22.6 Å². The topological polar surface area (TPSA) is 43.8 Å². The third kappa shape index (κ3) is 2.72. The molecule has 0 aliphatic rings. The summed E-state index contributed by atoms with van der Waals surface area (Å²) in [6, 6.07) is 6.29. The predicted octanol–water partition coefficient (Wildman–Crippen LogP) is 2.95. The van der Waals surface area contributed by atoms with Crippen molar-refractivity contribution in [3.05, 3.63) is 51.6 Å². The van der Waals surface area contributed by atoms with Crippen molar-refractivity contribution in [2.24, 2.45) is 5.73 Å². The van der Waals surface area contributed by atoms with Gasteiger partial charge < -0.3 is 5.73 Å². The number of hydrogen-bond donors (Lipinski definition) is 1. The maximum Gasteiger partial charge on any atom is 0.128 e. The molecule has 2 N–H and O–H groups in total. The molecule has 0 spiro atoms. The van der Waals surface area contributed by atoms with Gasteiger partial charge in [0.25, 0.3) is 0 Å². The van der Waals surface area contributed by atoms with Gasteiger partial charge in [0, 0.05) is 17.8 Å². The predicted molar refractivity (Wildman–Crippen MR) is 77.7 cm³/mol. The van der Waals surface area contributed by atoms with Crippen LogP contribution in [0.25, 0.3) is 0 Å². The Morgan fingerprint density at radius 3 is 2.72 bits per heavy atom. The molecular weight excluding hydrogens is 344 g/mol. The molecule has 1 aromatic heterocycles. The Labute approximate surface area is 119 Å². The first-order valence-corrected chi connectivity index (χ1v) is 6.91. The molecule has 96 valence electrons. The van der Waals surface area contributed by atoms with Crippen LogP contribution in [-0.2, 0) is 0 Å². The molecule has 1 aromatic carbocycles. The van der Waals surface area contributed by atoms with E-state index in [2.05, 4.69) is 27.7 Å². The van der Waals surface area contributed by atoms with Gasteiger partial charge >= 0.3 is 0 Å². The van der Waals surface area contributed by atoms with Crippen molar-refractivity contribution in [1.29, 1.82) is 0 Å². The van der Waals surface area contributed by atoms with Crippen molar-refractivity contribution in [3.8, 4) is 0 Å². The van der Waals surface area contributed by atoms with Gasteiger partial charge in [-0.15, -0.1) is 0 Å². The highest BCUT2D eigenvalue weighted by atomic mass is 127. The Morgan fingerprint density at radius 1 is 1.44 bits per heavy atom. The van der Waals surface area contributed by atoms with Gasteiger partial charge in [-0.05, 0) is 35.1 Å². The number of hydrogen-bond acceptors (Lipinski definition) is 2. The molecule has 18 heavy (non-hydrogen) atoms. The highest BCUT2D eigenvalue weighted by molar-refractivity contribution is 14.1. The van der Waals surface area contributed by atoms with E-state index in [0.29, 0.717) is 5.56 Å². The van der Waals surface area contributed by atoms with Crippen LogP contribution < -0.4 is 5.73 Å². The van der Waals surface area contributed by atoms with Crippen molar-refractivity contribution < 1.29 is 4.39 Å². The largest absolute Gasteiger partial charge is 0.326 e. The monoisotopic (exact) mass is 359 g/mol. The SMILES string of the molecule is CCC(N)C(c1ccccc1F)n1cc(I)cn1. The zero-order valence-corrected chi connectivity index (χ0v) is 12.2. The summed E-state index contributed by atoms with van der Waals surface area (Å²) in [6.45, 7) is 1.99. The number of rotatable bonds is 4. The van der Waals surface area contributed by atoms with Crippen molar-refractivity contribution >= 4 is 22.6 Å². The fourth-order valence-electron chi connectivity index (χ4n) is 1.97. The summed E-state index contributed by atoms with van der Waals surface area (Å²) in [4.78, 5) is 0. The molecular formula is C13H15FIN3. The van der Waals surface area contributed by atoms with Gasteiger partial charge in [0.05, 0.1) is 15.8 Å². The normalized spacial score (nSPS) is 14.4. The third-order valence-electron chi connectivity index (χ3n) is 2.96. The summed E-state index contributed by atoms with van der Waals surface area (Å²) in [7, 11) is 0. The Bertz CT molecular complexity index is 526. The average Bonchev–Trinajstić information content (AvgIpc) is 2.78. The van der Waals surface area contributed by atoms with Crippen LogP contribution in [0, 0.1) is 9.39 Å². The second-order valence-electron chi connectivity index (χ2n) is 4.18. The summed E-state index contributed by atoms with van der Waals surface area (Å²) < 4.78 is 16.7. The molecule has 5 heteroatoms. The van der Waals surface area contributed by atoms with Gasteiger partial charge in [-0.1, -0.05) is 25.1 Å². The van der Waals surface area contributed by atoms with E-state index in [4.69, 9.17) is 5.73 Å². The van der Waals surface area contributed by atoms with Crippen molar-refractivity contribution in [3.63, 3.8) is 0 Å². The van der Waals surface area contributed by atoms with E-state index in [1.54, 1.807) is 23.0 Å². The standard InChI is InChI=1S/C13H15FIN3/c1-2-12(16)13(18-8-9(15)7-17-18)10-5-3-4-6-11(10)14/h3-8,12-13H,2,16H2,1H3. The molecule has 2 atom stereocenters. The molecule has 3 nitrogen and oxygen atoms in total. The molecule has 0 fully saturated rings. The fourth-order valence-corrected chi connectivity index (χ4v) is 2.38. The first-order chi connectivity index (χ1) is 8.63. The molecule has 2 aromatic rings. The van der Waals surface area contributed by atoms with E-state index in [9.17, 15) is 4.39 Å². The van der Waals surface area contributed by atoms with E-state index in [1.807, 2.05) is 19.2 Å². The number of benzene rings is 1. The second kappa shape index (κ2) is 5.79. The molecule has 2 rings (SSSR count). The number of halogens is 2. The summed E-state index contributed by atoms with van der Waals surface area (Å²) in [5.41, 5.74) is 6.72. The highest BCUT2D eigenvalue weighted by Crippen LogP contribution is 2.25. The van der Waals surface area contributed by atoms with E-state index in [1.165, 1.54) is 6.07 Å². The van der Waals surface area contributed by atoms with Crippen LogP contribution in [0.5, 0.6) is 0 Å². The van der Waals surface area contributed by atoms with Gasteiger partial charge in [0.15, 0.2) is 0 Å².